The smallest absolute Gasteiger partial charge is 0.211 e. The molecule has 3 heteroatoms. The van der Waals surface area contributed by atoms with E-state index in [0.29, 0.717) is 12.1 Å². The standard InChI is InChI=1S/C11H12FNO/c1-9-7-10(4-5-11(9)12)3-2-6-13-8-14/h4-5,7H,2-3,6H2,1H3. The van der Waals surface area contributed by atoms with E-state index < -0.39 is 0 Å². The van der Waals surface area contributed by atoms with E-state index in [1.165, 1.54) is 12.1 Å². The predicted molar refractivity (Wildman–Crippen MR) is 52.4 cm³/mol. The number of rotatable bonds is 4. The van der Waals surface area contributed by atoms with E-state index >= 15 is 0 Å². The minimum Gasteiger partial charge on any atom is -0.211 e. The molecular weight excluding hydrogens is 181 g/mol. The molecule has 0 heterocycles. The summed E-state index contributed by atoms with van der Waals surface area (Å²) in [4.78, 5) is 13.2. The van der Waals surface area contributed by atoms with Crippen molar-refractivity contribution < 1.29 is 9.18 Å². The van der Waals surface area contributed by atoms with Crippen LogP contribution in [0.3, 0.4) is 0 Å². The molecule has 0 bridgehead atoms. The highest BCUT2D eigenvalue weighted by atomic mass is 19.1. The molecule has 0 aliphatic carbocycles. The molecule has 0 radical (unpaired) electrons. The second-order valence-corrected chi connectivity index (χ2v) is 3.16. The van der Waals surface area contributed by atoms with Crippen LogP contribution in [0.2, 0.25) is 0 Å². The average Bonchev–Trinajstić information content (AvgIpc) is 2.18. The number of halogens is 1. The maximum absolute atomic E-state index is 12.9. The zero-order valence-electron chi connectivity index (χ0n) is 8.09. The van der Waals surface area contributed by atoms with Gasteiger partial charge in [0, 0.05) is 0 Å². The van der Waals surface area contributed by atoms with Gasteiger partial charge < -0.3 is 0 Å². The van der Waals surface area contributed by atoms with Gasteiger partial charge in [0.05, 0.1) is 6.54 Å². The molecule has 0 atom stereocenters. The molecule has 0 fully saturated rings. The molecule has 14 heavy (non-hydrogen) atoms. The highest BCUT2D eigenvalue weighted by Gasteiger charge is 1.98. The van der Waals surface area contributed by atoms with Gasteiger partial charge in [0.15, 0.2) is 0 Å². The van der Waals surface area contributed by atoms with Gasteiger partial charge in [-0.05, 0) is 37.0 Å². The molecule has 0 aliphatic rings. The van der Waals surface area contributed by atoms with Crippen molar-refractivity contribution in [2.45, 2.75) is 19.8 Å². The lowest BCUT2D eigenvalue weighted by Crippen LogP contribution is -1.91. The van der Waals surface area contributed by atoms with Gasteiger partial charge in [-0.15, -0.1) is 0 Å². The Labute approximate surface area is 82.5 Å². The summed E-state index contributed by atoms with van der Waals surface area (Å²) in [5.74, 6) is -0.181. The molecule has 0 amide bonds. The van der Waals surface area contributed by atoms with Gasteiger partial charge in [-0.1, -0.05) is 12.1 Å². The molecule has 1 aromatic rings. The molecular formula is C11H12FNO. The number of benzene rings is 1. The summed E-state index contributed by atoms with van der Waals surface area (Å²) in [6.07, 6.45) is 3.09. The Bertz CT molecular complexity index is 356. The maximum atomic E-state index is 12.9. The van der Waals surface area contributed by atoms with Crippen LogP contribution in [-0.2, 0) is 11.2 Å². The van der Waals surface area contributed by atoms with Gasteiger partial charge in [-0.3, -0.25) is 0 Å². The Balaban J connectivity index is 2.51. The first-order valence-electron chi connectivity index (χ1n) is 4.52. The topological polar surface area (TPSA) is 29.4 Å². The Kier molecular flexibility index (Phi) is 4.02. The lowest BCUT2D eigenvalue weighted by Gasteiger charge is -2.01. The zero-order valence-corrected chi connectivity index (χ0v) is 8.09. The van der Waals surface area contributed by atoms with Crippen LogP contribution in [0, 0.1) is 12.7 Å². The van der Waals surface area contributed by atoms with E-state index in [0.717, 1.165) is 18.4 Å². The maximum Gasteiger partial charge on any atom is 0.234 e. The van der Waals surface area contributed by atoms with E-state index in [2.05, 4.69) is 4.99 Å². The SMILES string of the molecule is Cc1cc(CCCN=C=O)ccc1F. The molecule has 0 saturated carbocycles. The third kappa shape index (κ3) is 3.11. The molecule has 0 aromatic heterocycles. The van der Waals surface area contributed by atoms with Crippen molar-refractivity contribution in [3.63, 3.8) is 0 Å². The normalized spacial score (nSPS) is 9.57. The van der Waals surface area contributed by atoms with Gasteiger partial charge >= 0.3 is 0 Å². The molecule has 74 valence electrons. The fourth-order valence-electron chi connectivity index (χ4n) is 1.27. The molecule has 0 unspecified atom stereocenters. The van der Waals surface area contributed by atoms with Crippen LogP contribution in [0.1, 0.15) is 17.5 Å². The second-order valence-electron chi connectivity index (χ2n) is 3.16. The third-order valence-electron chi connectivity index (χ3n) is 2.02. The predicted octanol–water partition coefficient (Wildman–Crippen LogP) is 2.40. The first kappa shape index (κ1) is 10.6. The minimum atomic E-state index is -0.181. The summed E-state index contributed by atoms with van der Waals surface area (Å²) < 4.78 is 12.9. The second kappa shape index (κ2) is 5.30. The van der Waals surface area contributed by atoms with Gasteiger partial charge in [-0.2, -0.15) is 0 Å². The van der Waals surface area contributed by atoms with Gasteiger partial charge in [0.2, 0.25) is 6.08 Å². The summed E-state index contributed by atoms with van der Waals surface area (Å²) in [5.41, 5.74) is 1.73. The van der Waals surface area contributed by atoms with Crippen molar-refractivity contribution in [1.29, 1.82) is 0 Å². The minimum absolute atomic E-state index is 0.181. The van der Waals surface area contributed by atoms with Crippen LogP contribution in [0.4, 0.5) is 4.39 Å². The fraction of sp³-hybridized carbons (Fsp3) is 0.364. The molecule has 0 spiro atoms. The van der Waals surface area contributed by atoms with E-state index in [1.807, 2.05) is 6.07 Å². The van der Waals surface area contributed by atoms with Crippen LogP contribution in [0.15, 0.2) is 23.2 Å². The van der Waals surface area contributed by atoms with Crippen molar-refractivity contribution in [1.82, 2.24) is 0 Å². The highest BCUT2D eigenvalue weighted by Crippen LogP contribution is 2.10. The van der Waals surface area contributed by atoms with Gasteiger partial charge in [0.25, 0.3) is 0 Å². The number of isocyanates is 1. The van der Waals surface area contributed by atoms with Crippen molar-refractivity contribution in [3.8, 4) is 0 Å². The Morgan fingerprint density at radius 3 is 2.93 bits per heavy atom. The summed E-state index contributed by atoms with van der Waals surface area (Å²) >= 11 is 0. The summed E-state index contributed by atoms with van der Waals surface area (Å²) in [7, 11) is 0. The molecule has 1 rings (SSSR count). The van der Waals surface area contributed by atoms with Crippen molar-refractivity contribution in [3.05, 3.63) is 35.1 Å². The van der Waals surface area contributed by atoms with Crippen LogP contribution in [0.5, 0.6) is 0 Å². The highest BCUT2D eigenvalue weighted by molar-refractivity contribution is 5.32. The Morgan fingerprint density at radius 2 is 2.29 bits per heavy atom. The number of carbonyl (C=O) groups excluding carboxylic acids is 1. The molecule has 1 aromatic carbocycles. The average molecular weight is 193 g/mol. The van der Waals surface area contributed by atoms with Crippen molar-refractivity contribution >= 4 is 6.08 Å². The van der Waals surface area contributed by atoms with E-state index in [-0.39, 0.29) is 5.82 Å². The Hall–Kier alpha value is -1.47. The van der Waals surface area contributed by atoms with E-state index in [4.69, 9.17) is 0 Å². The summed E-state index contributed by atoms with van der Waals surface area (Å²) in [5, 5.41) is 0. The largest absolute Gasteiger partial charge is 0.234 e. The van der Waals surface area contributed by atoms with E-state index in [9.17, 15) is 9.18 Å². The quantitative estimate of drug-likeness (QED) is 0.410. The fourth-order valence-corrected chi connectivity index (χ4v) is 1.27. The lowest BCUT2D eigenvalue weighted by molar-refractivity contribution is 0.562. The number of hydrogen-bond donors (Lipinski definition) is 0. The van der Waals surface area contributed by atoms with Crippen LogP contribution >= 0.6 is 0 Å². The lowest BCUT2D eigenvalue weighted by atomic mass is 10.1. The van der Waals surface area contributed by atoms with Crippen molar-refractivity contribution in [2.75, 3.05) is 6.54 Å². The number of hydrogen-bond acceptors (Lipinski definition) is 2. The summed E-state index contributed by atoms with van der Waals surface area (Å²) in [6, 6.07) is 5.04. The van der Waals surface area contributed by atoms with Crippen molar-refractivity contribution in [2.24, 2.45) is 4.99 Å². The molecule has 0 aliphatic heterocycles. The number of aliphatic imine (C=N–C) groups is 1. The zero-order chi connectivity index (χ0) is 10.4. The van der Waals surface area contributed by atoms with Crippen LogP contribution < -0.4 is 0 Å². The monoisotopic (exact) mass is 193 g/mol. The molecule has 2 nitrogen and oxygen atoms in total. The molecule has 0 N–H and O–H groups in total. The van der Waals surface area contributed by atoms with Crippen LogP contribution in [0.25, 0.3) is 0 Å². The number of aryl methyl sites for hydroxylation is 2. The molecule has 0 saturated heterocycles. The van der Waals surface area contributed by atoms with Gasteiger partial charge in [-0.25, -0.2) is 14.2 Å². The summed E-state index contributed by atoms with van der Waals surface area (Å²) in [6.45, 7) is 2.22. The number of nitrogens with zero attached hydrogens (tertiary/aromatic N) is 1. The first-order chi connectivity index (χ1) is 6.74. The van der Waals surface area contributed by atoms with Crippen LogP contribution in [-0.4, -0.2) is 12.6 Å². The van der Waals surface area contributed by atoms with E-state index in [1.54, 1.807) is 13.0 Å². The first-order valence-corrected chi connectivity index (χ1v) is 4.52. The third-order valence-corrected chi connectivity index (χ3v) is 2.02. The Morgan fingerprint density at radius 1 is 1.50 bits per heavy atom. The van der Waals surface area contributed by atoms with Gasteiger partial charge in [0.1, 0.15) is 5.82 Å².